The average Bonchev–Trinajstić information content (AvgIpc) is 2.66. The zero-order valence-electron chi connectivity index (χ0n) is 9.87. The van der Waals surface area contributed by atoms with E-state index < -0.39 is 12.0 Å². The summed E-state index contributed by atoms with van der Waals surface area (Å²) >= 11 is 0. The van der Waals surface area contributed by atoms with Gasteiger partial charge in [-0.1, -0.05) is 12.8 Å². The Hall–Kier alpha value is -0.610. The predicted octanol–water partition coefficient (Wildman–Crippen LogP) is 1.54. The molecule has 0 amide bonds. The van der Waals surface area contributed by atoms with E-state index in [9.17, 15) is 4.79 Å². The molecule has 16 heavy (non-hydrogen) atoms. The number of aliphatic carboxylic acids is 1. The Kier molecular flexibility index (Phi) is 3.50. The number of carboxylic acid groups (broad SMARTS) is 1. The maximum absolute atomic E-state index is 10.8. The van der Waals surface area contributed by atoms with Gasteiger partial charge in [0.25, 0.3) is 0 Å². The highest BCUT2D eigenvalue weighted by Crippen LogP contribution is 2.39. The summed E-state index contributed by atoms with van der Waals surface area (Å²) < 4.78 is 5.91. The summed E-state index contributed by atoms with van der Waals surface area (Å²) in [7, 11) is 0. The van der Waals surface area contributed by atoms with E-state index >= 15 is 0 Å². The third-order valence-electron chi connectivity index (χ3n) is 3.86. The molecular formula is C12H21NO3. The van der Waals surface area contributed by atoms with Crippen molar-refractivity contribution in [3.8, 4) is 0 Å². The van der Waals surface area contributed by atoms with Crippen LogP contribution in [-0.4, -0.2) is 35.4 Å². The Balaban J connectivity index is 1.89. The molecule has 2 N–H and O–H groups in total. The zero-order chi connectivity index (χ0) is 11.6. The van der Waals surface area contributed by atoms with Gasteiger partial charge in [0, 0.05) is 12.6 Å². The molecule has 2 aliphatic rings. The number of hydrogen-bond donors (Lipinski definition) is 2. The van der Waals surface area contributed by atoms with Gasteiger partial charge < -0.3 is 15.2 Å². The standard InChI is InChI=1S/C12H21NO3/c1-9(11(14)15)13-10-4-7-16-12(8-10)5-2-3-6-12/h9-10,13H,2-8H2,1H3,(H,14,15). The second-order valence-corrected chi connectivity index (χ2v) is 5.15. The summed E-state index contributed by atoms with van der Waals surface area (Å²) in [6.45, 7) is 2.48. The number of nitrogens with one attached hydrogen (secondary N) is 1. The summed E-state index contributed by atoms with van der Waals surface area (Å²) in [4.78, 5) is 10.8. The Labute approximate surface area is 96.4 Å². The molecule has 4 heteroatoms. The molecule has 0 aromatic rings. The second kappa shape index (κ2) is 4.72. The number of rotatable bonds is 3. The van der Waals surface area contributed by atoms with E-state index in [1.54, 1.807) is 6.92 Å². The molecule has 1 aliphatic carbocycles. The van der Waals surface area contributed by atoms with Crippen LogP contribution in [0.2, 0.25) is 0 Å². The lowest BCUT2D eigenvalue weighted by atomic mass is 9.88. The fraction of sp³-hybridized carbons (Fsp3) is 0.917. The van der Waals surface area contributed by atoms with Crippen LogP contribution in [0.15, 0.2) is 0 Å². The van der Waals surface area contributed by atoms with Gasteiger partial charge in [0.2, 0.25) is 0 Å². The van der Waals surface area contributed by atoms with Gasteiger partial charge in [-0.3, -0.25) is 4.79 Å². The Morgan fingerprint density at radius 2 is 2.19 bits per heavy atom. The lowest BCUT2D eigenvalue weighted by molar-refractivity contribution is -0.140. The van der Waals surface area contributed by atoms with Crippen LogP contribution in [0, 0.1) is 0 Å². The van der Waals surface area contributed by atoms with Crippen LogP contribution in [0.1, 0.15) is 45.4 Å². The largest absolute Gasteiger partial charge is 0.480 e. The molecule has 0 aromatic heterocycles. The third kappa shape index (κ3) is 2.55. The van der Waals surface area contributed by atoms with Crippen molar-refractivity contribution in [3.63, 3.8) is 0 Å². The fourth-order valence-electron chi connectivity index (χ4n) is 2.96. The minimum absolute atomic E-state index is 0.0636. The maximum atomic E-state index is 10.8. The minimum atomic E-state index is -0.771. The summed E-state index contributed by atoms with van der Waals surface area (Å²) in [6.07, 6.45) is 6.70. The van der Waals surface area contributed by atoms with Crippen molar-refractivity contribution in [2.45, 2.75) is 63.1 Å². The summed E-state index contributed by atoms with van der Waals surface area (Å²) in [5, 5.41) is 12.1. The first-order valence-corrected chi connectivity index (χ1v) is 6.24. The average molecular weight is 227 g/mol. The Bertz CT molecular complexity index is 261. The van der Waals surface area contributed by atoms with E-state index in [1.807, 2.05) is 0 Å². The topological polar surface area (TPSA) is 58.6 Å². The highest BCUT2D eigenvalue weighted by Gasteiger charge is 2.40. The molecule has 1 saturated carbocycles. The zero-order valence-corrected chi connectivity index (χ0v) is 9.87. The molecule has 4 nitrogen and oxygen atoms in total. The van der Waals surface area contributed by atoms with Gasteiger partial charge in [0.05, 0.1) is 5.60 Å². The van der Waals surface area contributed by atoms with E-state index in [2.05, 4.69) is 5.32 Å². The van der Waals surface area contributed by atoms with Crippen molar-refractivity contribution in [2.24, 2.45) is 0 Å². The number of hydrogen-bond acceptors (Lipinski definition) is 3. The van der Waals surface area contributed by atoms with E-state index in [-0.39, 0.29) is 5.60 Å². The van der Waals surface area contributed by atoms with Gasteiger partial charge in [-0.15, -0.1) is 0 Å². The summed E-state index contributed by atoms with van der Waals surface area (Å²) in [5.41, 5.74) is 0.0636. The molecule has 2 atom stereocenters. The Morgan fingerprint density at radius 1 is 1.50 bits per heavy atom. The van der Waals surface area contributed by atoms with Crippen LogP contribution in [0.4, 0.5) is 0 Å². The van der Waals surface area contributed by atoms with Crippen molar-refractivity contribution in [2.75, 3.05) is 6.61 Å². The number of carboxylic acids is 1. The van der Waals surface area contributed by atoms with Crippen LogP contribution < -0.4 is 5.32 Å². The molecule has 2 unspecified atom stereocenters. The first-order valence-electron chi connectivity index (χ1n) is 6.24. The van der Waals surface area contributed by atoms with Gasteiger partial charge in [0.1, 0.15) is 6.04 Å². The first kappa shape index (κ1) is 11.9. The molecule has 0 radical (unpaired) electrons. The van der Waals surface area contributed by atoms with Crippen LogP contribution in [0.25, 0.3) is 0 Å². The van der Waals surface area contributed by atoms with Crippen LogP contribution >= 0.6 is 0 Å². The molecule has 2 rings (SSSR count). The van der Waals surface area contributed by atoms with Crippen LogP contribution in [-0.2, 0) is 9.53 Å². The normalized spacial score (nSPS) is 30.4. The third-order valence-corrected chi connectivity index (χ3v) is 3.86. The van der Waals surface area contributed by atoms with Crippen LogP contribution in [0.3, 0.4) is 0 Å². The monoisotopic (exact) mass is 227 g/mol. The SMILES string of the molecule is CC(NC1CCOC2(CCCC2)C1)C(=O)O. The van der Waals surface area contributed by atoms with Crippen LogP contribution in [0.5, 0.6) is 0 Å². The molecule has 1 aliphatic heterocycles. The van der Waals surface area contributed by atoms with Crippen molar-refractivity contribution in [1.29, 1.82) is 0 Å². The smallest absolute Gasteiger partial charge is 0.320 e. The molecule has 0 bridgehead atoms. The summed E-state index contributed by atoms with van der Waals surface area (Å²) in [6, 6.07) is -0.153. The van der Waals surface area contributed by atoms with Gasteiger partial charge in [-0.2, -0.15) is 0 Å². The minimum Gasteiger partial charge on any atom is -0.480 e. The van der Waals surface area contributed by atoms with Crippen molar-refractivity contribution >= 4 is 5.97 Å². The van der Waals surface area contributed by atoms with E-state index in [1.165, 1.54) is 12.8 Å². The van der Waals surface area contributed by atoms with Gasteiger partial charge >= 0.3 is 5.97 Å². The van der Waals surface area contributed by atoms with E-state index in [0.29, 0.717) is 6.04 Å². The quantitative estimate of drug-likeness (QED) is 0.768. The van der Waals surface area contributed by atoms with Crippen molar-refractivity contribution < 1.29 is 14.6 Å². The fourth-order valence-corrected chi connectivity index (χ4v) is 2.96. The van der Waals surface area contributed by atoms with E-state index in [0.717, 1.165) is 32.3 Å². The first-order chi connectivity index (χ1) is 7.61. The molecule has 92 valence electrons. The lowest BCUT2D eigenvalue weighted by Gasteiger charge is -2.39. The van der Waals surface area contributed by atoms with Gasteiger partial charge in [-0.05, 0) is 32.6 Å². The number of carbonyl (C=O) groups is 1. The lowest BCUT2D eigenvalue weighted by Crippen LogP contribution is -2.49. The number of ether oxygens (including phenoxy) is 1. The molecule has 2 fully saturated rings. The predicted molar refractivity (Wildman–Crippen MR) is 60.4 cm³/mol. The molecule has 1 spiro atoms. The van der Waals surface area contributed by atoms with Gasteiger partial charge in [-0.25, -0.2) is 0 Å². The Morgan fingerprint density at radius 3 is 2.81 bits per heavy atom. The van der Waals surface area contributed by atoms with E-state index in [4.69, 9.17) is 9.84 Å². The second-order valence-electron chi connectivity index (χ2n) is 5.15. The van der Waals surface area contributed by atoms with Gasteiger partial charge in [0.15, 0.2) is 0 Å². The molecular weight excluding hydrogens is 206 g/mol. The highest BCUT2D eigenvalue weighted by molar-refractivity contribution is 5.72. The van der Waals surface area contributed by atoms with Crippen molar-refractivity contribution in [1.82, 2.24) is 5.32 Å². The molecule has 1 saturated heterocycles. The highest BCUT2D eigenvalue weighted by atomic mass is 16.5. The molecule has 0 aromatic carbocycles. The maximum Gasteiger partial charge on any atom is 0.320 e. The molecule has 1 heterocycles. The van der Waals surface area contributed by atoms with Crippen molar-refractivity contribution in [3.05, 3.63) is 0 Å². The summed E-state index contributed by atoms with van der Waals surface area (Å²) in [5.74, 6) is -0.771.